The fraction of sp³-hybridized carbons (Fsp3) is 0.286. The third-order valence-corrected chi connectivity index (χ3v) is 2.79. The Morgan fingerprint density at radius 2 is 2.05 bits per heavy atom. The van der Waals surface area contributed by atoms with Crippen LogP contribution in [0, 0.1) is 6.92 Å². The largest absolute Gasteiger partial charge is 0.327 e. The third-order valence-electron chi connectivity index (χ3n) is 2.79. The molecule has 0 saturated carbocycles. The third kappa shape index (κ3) is 3.82. The van der Waals surface area contributed by atoms with Gasteiger partial charge in [-0.15, -0.1) is 12.4 Å². The van der Waals surface area contributed by atoms with Gasteiger partial charge in [-0.1, -0.05) is 18.2 Å². The first-order chi connectivity index (χ1) is 9.08. The highest BCUT2D eigenvalue weighted by Crippen LogP contribution is 2.18. The van der Waals surface area contributed by atoms with E-state index >= 15 is 0 Å². The number of anilines is 1. The lowest BCUT2D eigenvalue weighted by Crippen LogP contribution is -2.24. The first-order valence-electron chi connectivity index (χ1n) is 6.23. The van der Waals surface area contributed by atoms with E-state index in [1.54, 1.807) is 17.8 Å². The number of benzene rings is 1. The van der Waals surface area contributed by atoms with Gasteiger partial charge in [-0.2, -0.15) is 5.10 Å². The molecular formula is C14H19ClN4O. The highest BCUT2D eigenvalue weighted by Gasteiger charge is 2.11. The van der Waals surface area contributed by atoms with Crippen molar-refractivity contribution in [2.24, 2.45) is 5.73 Å². The molecule has 1 heterocycles. The number of rotatable bonds is 4. The van der Waals surface area contributed by atoms with E-state index < -0.39 is 0 Å². The maximum atomic E-state index is 11.7. The number of aromatic nitrogens is 2. The van der Waals surface area contributed by atoms with Crippen molar-refractivity contribution in [3.05, 3.63) is 42.2 Å². The normalized spacial score (nSPS) is 11.6. The number of nitrogens with one attached hydrogen (secondary N) is 1. The molecule has 0 aliphatic carbocycles. The summed E-state index contributed by atoms with van der Waals surface area (Å²) in [5, 5.41) is 7.12. The van der Waals surface area contributed by atoms with E-state index in [0.717, 1.165) is 17.1 Å². The van der Waals surface area contributed by atoms with Crippen LogP contribution < -0.4 is 11.1 Å². The second-order valence-electron chi connectivity index (χ2n) is 4.62. The molecule has 3 N–H and O–H groups in total. The Morgan fingerprint density at radius 1 is 1.40 bits per heavy atom. The van der Waals surface area contributed by atoms with Crippen LogP contribution in [-0.4, -0.2) is 21.7 Å². The lowest BCUT2D eigenvalue weighted by molar-refractivity contribution is -0.116. The molecule has 5 nitrogen and oxygen atoms in total. The van der Waals surface area contributed by atoms with Gasteiger partial charge in [-0.3, -0.25) is 4.79 Å². The molecule has 0 fully saturated rings. The minimum atomic E-state index is -0.149. The highest BCUT2D eigenvalue weighted by atomic mass is 35.5. The maximum Gasteiger partial charge on any atom is 0.226 e. The fourth-order valence-electron chi connectivity index (χ4n) is 1.86. The standard InChI is InChI=1S/C14H18N4O.ClH/c1-10(15)8-14(19)17-13-9-16-18(11(13)2)12-6-4-3-5-7-12;/h3-7,9-10H,8,15H2,1-2H3,(H,17,19);1H. The van der Waals surface area contributed by atoms with Crippen molar-refractivity contribution in [2.75, 3.05) is 5.32 Å². The predicted octanol–water partition coefficient (Wildman–Crippen LogP) is 2.28. The predicted molar refractivity (Wildman–Crippen MR) is 82.4 cm³/mol. The Kier molecular flexibility index (Phi) is 5.73. The number of halogens is 1. The van der Waals surface area contributed by atoms with E-state index in [9.17, 15) is 4.79 Å². The van der Waals surface area contributed by atoms with Gasteiger partial charge in [0.2, 0.25) is 5.91 Å². The van der Waals surface area contributed by atoms with Gasteiger partial charge < -0.3 is 11.1 Å². The Labute approximate surface area is 124 Å². The number of hydrogen-bond acceptors (Lipinski definition) is 3. The molecule has 1 atom stereocenters. The molecule has 2 aromatic rings. The van der Waals surface area contributed by atoms with Crippen LogP contribution in [0.4, 0.5) is 5.69 Å². The smallest absolute Gasteiger partial charge is 0.226 e. The monoisotopic (exact) mass is 294 g/mol. The summed E-state index contributed by atoms with van der Waals surface area (Å²) < 4.78 is 1.79. The number of nitrogens with zero attached hydrogens (tertiary/aromatic N) is 2. The molecule has 1 aromatic heterocycles. The molecule has 1 unspecified atom stereocenters. The second-order valence-corrected chi connectivity index (χ2v) is 4.62. The number of hydrogen-bond donors (Lipinski definition) is 2. The van der Waals surface area contributed by atoms with Crippen molar-refractivity contribution in [1.29, 1.82) is 0 Å². The first kappa shape index (κ1) is 16.2. The van der Waals surface area contributed by atoms with Crippen LogP contribution in [0.3, 0.4) is 0 Å². The van der Waals surface area contributed by atoms with E-state index in [-0.39, 0.29) is 24.4 Å². The SMILES string of the molecule is Cc1c(NC(=O)CC(C)N)cnn1-c1ccccc1.Cl. The van der Waals surface area contributed by atoms with Crippen molar-refractivity contribution in [3.8, 4) is 5.69 Å². The minimum absolute atomic E-state index is 0. The molecule has 20 heavy (non-hydrogen) atoms. The van der Waals surface area contributed by atoms with Gasteiger partial charge in [-0.05, 0) is 26.0 Å². The average molecular weight is 295 g/mol. The molecular weight excluding hydrogens is 276 g/mol. The highest BCUT2D eigenvalue weighted by molar-refractivity contribution is 5.91. The summed E-state index contributed by atoms with van der Waals surface area (Å²) in [6.45, 7) is 3.72. The molecule has 2 rings (SSSR count). The lowest BCUT2D eigenvalue weighted by Gasteiger charge is -2.08. The quantitative estimate of drug-likeness (QED) is 0.908. The molecule has 0 aliphatic heterocycles. The van der Waals surface area contributed by atoms with Crippen LogP contribution >= 0.6 is 12.4 Å². The van der Waals surface area contributed by atoms with Crippen LogP contribution in [0.5, 0.6) is 0 Å². The van der Waals surface area contributed by atoms with Crippen molar-refractivity contribution in [3.63, 3.8) is 0 Å². The molecule has 0 saturated heterocycles. The summed E-state index contributed by atoms with van der Waals surface area (Å²) in [7, 11) is 0. The van der Waals surface area contributed by atoms with Gasteiger partial charge in [0, 0.05) is 12.5 Å². The Hall–Kier alpha value is -1.85. The van der Waals surface area contributed by atoms with Crippen molar-refractivity contribution < 1.29 is 4.79 Å². The number of carbonyl (C=O) groups is 1. The molecule has 1 amide bonds. The van der Waals surface area contributed by atoms with E-state index in [1.165, 1.54) is 0 Å². The average Bonchev–Trinajstić information content (AvgIpc) is 2.71. The maximum absolute atomic E-state index is 11.7. The Balaban J connectivity index is 0.00000200. The van der Waals surface area contributed by atoms with Gasteiger partial charge in [0.05, 0.1) is 23.3 Å². The Bertz CT molecular complexity index is 566. The van der Waals surface area contributed by atoms with Gasteiger partial charge in [0.1, 0.15) is 0 Å². The van der Waals surface area contributed by atoms with E-state index in [0.29, 0.717) is 6.42 Å². The van der Waals surface area contributed by atoms with Crippen LogP contribution in [0.1, 0.15) is 19.0 Å². The lowest BCUT2D eigenvalue weighted by atomic mass is 10.2. The summed E-state index contributed by atoms with van der Waals surface area (Å²) in [6.07, 6.45) is 1.96. The topological polar surface area (TPSA) is 72.9 Å². The summed E-state index contributed by atoms with van der Waals surface area (Å²) in [5.41, 5.74) is 8.18. The zero-order valence-electron chi connectivity index (χ0n) is 11.5. The number of para-hydroxylation sites is 1. The zero-order chi connectivity index (χ0) is 13.8. The molecule has 6 heteroatoms. The molecule has 0 radical (unpaired) electrons. The van der Waals surface area contributed by atoms with Gasteiger partial charge in [-0.25, -0.2) is 4.68 Å². The zero-order valence-corrected chi connectivity index (χ0v) is 12.4. The summed E-state index contributed by atoms with van der Waals surface area (Å²) in [4.78, 5) is 11.7. The minimum Gasteiger partial charge on any atom is -0.327 e. The summed E-state index contributed by atoms with van der Waals surface area (Å²) >= 11 is 0. The molecule has 108 valence electrons. The van der Waals surface area contributed by atoms with Gasteiger partial charge >= 0.3 is 0 Å². The molecule has 0 aliphatic rings. The van der Waals surface area contributed by atoms with E-state index in [4.69, 9.17) is 5.73 Å². The second kappa shape index (κ2) is 7.07. The first-order valence-corrected chi connectivity index (χ1v) is 6.23. The van der Waals surface area contributed by atoms with Crippen LogP contribution in [-0.2, 0) is 4.79 Å². The molecule has 0 bridgehead atoms. The van der Waals surface area contributed by atoms with E-state index in [1.807, 2.05) is 37.3 Å². The van der Waals surface area contributed by atoms with Crippen LogP contribution in [0.25, 0.3) is 5.69 Å². The number of amides is 1. The van der Waals surface area contributed by atoms with Crippen molar-refractivity contribution in [1.82, 2.24) is 9.78 Å². The summed E-state index contributed by atoms with van der Waals surface area (Å²) in [6, 6.07) is 9.63. The Morgan fingerprint density at radius 3 is 2.65 bits per heavy atom. The van der Waals surface area contributed by atoms with Crippen LogP contribution in [0.2, 0.25) is 0 Å². The number of nitrogens with two attached hydrogens (primary N) is 1. The molecule has 1 aromatic carbocycles. The van der Waals surface area contributed by atoms with Crippen molar-refractivity contribution in [2.45, 2.75) is 26.3 Å². The fourth-order valence-corrected chi connectivity index (χ4v) is 1.86. The van der Waals surface area contributed by atoms with E-state index in [2.05, 4.69) is 10.4 Å². The summed E-state index contributed by atoms with van der Waals surface area (Å²) in [5.74, 6) is -0.0919. The van der Waals surface area contributed by atoms with Crippen LogP contribution in [0.15, 0.2) is 36.5 Å². The van der Waals surface area contributed by atoms with Crippen molar-refractivity contribution >= 4 is 24.0 Å². The number of carbonyl (C=O) groups excluding carboxylic acids is 1. The molecule has 0 spiro atoms. The van der Waals surface area contributed by atoms with Gasteiger partial charge in [0.25, 0.3) is 0 Å². The van der Waals surface area contributed by atoms with Gasteiger partial charge in [0.15, 0.2) is 0 Å².